The fourth-order valence-corrected chi connectivity index (χ4v) is 2.63. The van der Waals surface area contributed by atoms with Gasteiger partial charge in [-0.2, -0.15) is 0 Å². The molecule has 0 saturated heterocycles. The van der Waals surface area contributed by atoms with Gasteiger partial charge in [-0.15, -0.1) is 0 Å². The molecule has 0 N–H and O–H groups in total. The molecule has 0 amide bonds. The van der Waals surface area contributed by atoms with Crippen molar-refractivity contribution in [2.45, 2.75) is 66.2 Å². The average molecular weight is 267 g/mol. The topological polar surface area (TPSA) is 0 Å². The molecule has 0 fully saturated rings. The lowest BCUT2D eigenvalue weighted by Crippen LogP contribution is -2.36. The zero-order valence-electron chi connectivity index (χ0n) is 12.9. The molecule has 0 aliphatic rings. The Bertz CT molecular complexity index is 414. The lowest BCUT2D eigenvalue weighted by molar-refractivity contribution is 0.189. The Morgan fingerprint density at radius 3 is 2.06 bits per heavy atom. The molecule has 18 heavy (non-hydrogen) atoms. The van der Waals surface area contributed by atoms with Gasteiger partial charge in [0.25, 0.3) is 0 Å². The SMILES string of the molecule is CCC(C)(C)C(C)(C)c1ccc(C(C)C)cc1Cl. The van der Waals surface area contributed by atoms with Gasteiger partial charge >= 0.3 is 0 Å². The standard InChI is InChI=1S/C17H27Cl/c1-8-16(4,5)17(6,7)14-10-9-13(12(2)3)11-15(14)18/h9-12H,8H2,1-7H3. The van der Waals surface area contributed by atoms with E-state index in [0.717, 1.165) is 11.4 Å². The van der Waals surface area contributed by atoms with E-state index in [0.29, 0.717) is 5.92 Å². The molecule has 102 valence electrons. The molecule has 0 bridgehead atoms. The van der Waals surface area contributed by atoms with Crippen LogP contribution in [0.2, 0.25) is 5.02 Å². The third-order valence-corrected chi connectivity index (χ3v) is 5.22. The third kappa shape index (κ3) is 2.74. The van der Waals surface area contributed by atoms with Crippen LogP contribution in [0, 0.1) is 5.41 Å². The van der Waals surface area contributed by atoms with Crippen LogP contribution in [0.25, 0.3) is 0 Å². The highest BCUT2D eigenvalue weighted by Gasteiger charge is 2.38. The van der Waals surface area contributed by atoms with E-state index in [1.54, 1.807) is 0 Å². The summed E-state index contributed by atoms with van der Waals surface area (Å²) >= 11 is 6.52. The summed E-state index contributed by atoms with van der Waals surface area (Å²) in [6.07, 6.45) is 1.14. The van der Waals surface area contributed by atoms with Crippen LogP contribution in [0.15, 0.2) is 18.2 Å². The quantitative estimate of drug-likeness (QED) is 0.611. The predicted molar refractivity (Wildman–Crippen MR) is 82.6 cm³/mol. The Balaban J connectivity index is 3.26. The molecule has 0 spiro atoms. The van der Waals surface area contributed by atoms with E-state index in [9.17, 15) is 0 Å². The Kier molecular flexibility index (Phi) is 4.54. The second-order valence-electron chi connectivity index (χ2n) is 6.76. The van der Waals surface area contributed by atoms with Crippen LogP contribution in [0.3, 0.4) is 0 Å². The molecule has 1 aromatic carbocycles. The summed E-state index contributed by atoms with van der Waals surface area (Å²) in [4.78, 5) is 0. The summed E-state index contributed by atoms with van der Waals surface area (Å²) in [7, 11) is 0. The van der Waals surface area contributed by atoms with Crippen LogP contribution < -0.4 is 0 Å². The number of halogens is 1. The second kappa shape index (κ2) is 5.25. The molecular weight excluding hydrogens is 240 g/mol. The monoisotopic (exact) mass is 266 g/mol. The van der Waals surface area contributed by atoms with Crippen LogP contribution in [0.1, 0.15) is 71.9 Å². The first-order valence-corrected chi connectivity index (χ1v) is 7.31. The van der Waals surface area contributed by atoms with E-state index in [1.807, 2.05) is 0 Å². The van der Waals surface area contributed by atoms with Gasteiger partial charge < -0.3 is 0 Å². The maximum absolute atomic E-state index is 6.52. The van der Waals surface area contributed by atoms with Crippen LogP contribution in [0.4, 0.5) is 0 Å². The van der Waals surface area contributed by atoms with Gasteiger partial charge in [0.2, 0.25) is 0 Å². The molecule has 0 atom stereocenters. The van der Waals surface area contributed by atoms with Crippen molar-refractivity contribution in [3.05, 3.63) is 34.3 Å². The lowest BCUT2D eigenvalue weighted by Gasteiger charge is -2.42. The maximum atomic E-state index is 6.52. The zero-order valence-corrected chi connectivity index (χ0v) is 13.7. The third-order valence-electron chi connectivity index (χ3n) is 4.91. The number of hydrogen-bond donors (Lipinski definition) is 0. The molecule has 0 aliphatic carbocycles. The summed E-state index contributed by atoms with van der Waals surface area (Å²) in [6.45, 7) is 15.9. The molecule has 0 aromatic heterocycles. The van der Waals surface area contributed by atoms with Crippen molar-refractivity contribution >= 4 is 11.6 Å². The molecule has 1 rings (SSSR count). The van der Waals surface area contributed by atoms with Crippen LogP contribution in [-0.4, -0.2) is 0 Å². The molecule has 0 radical (unpaired) electrons. The number of hydrogen-bond acceptors (Lipinski definition) is 0. The minimum Gasteiger partial charge on any atom is -0.0840 e. The van der Waals surface area contributed by atoms with E-state index in [-0.39, 0.29) is 10.8 Å². The normalized spacial score (nSPS) is 13.2. The van der Waals surface area contributed by atoms with E-state index >= 15 is 0 Å². The van der Waals surface area contributed by atoms with Crippen molar-refractivity contribution in [1.82, 2.24) is 0 Å². The zero-order chi connectivity index (χ0) is 14.1. The first-order chi connectivity index (χ1) is 8.13. The largest absolute Gasteiger partial charge is 0.0840 e. The number of benzene rings is 1. The van der Waals surface area contributed by atoms with Crippen molar-refractivity contribution in [1.29, 1.82) is 0 Å². The van der Waals surface area contributed by atoms with Crippen LogP contribution >= 0.6 is 11.6 Å². The highest BCUT2D eigenvalue weighted by Crippen LogP contribution is 2.46. The van der Waals surface area contributed by atoms with E-state index in [4.69, 9.17) is 11.6 Å². The fourth-order valence-electron chi connectivity index (χ4n) is 2.20. The van der Waals surface area contributed by atoms with E-state index < -0.39 is 0 Å². The number of rotatable bonds is 4. The summed E-state index contributed by atoms with van der Waals surface area (Å²) in [5.74, 6) is 0.527. The lowest BCUT2D eigenvalue weighted by atomic mass is 9.63. The highest BCUT2D eigenvalue weighted by molar-refractivity contribution is 6.31. The van der Waals surface area contributed by atoms with Crippen molar-refractivity contribution in [3.63, 3.8) is 0 Å². The molecular formula is C17H27Cl. The van der Waals surface area contributed by atoms with Crippen LogP contribution in [-0.2, 0) is 5.41 Å². The summed E-state index contributed by atoms with van der Waals surface area (Å²) in [5.41, 5.74) is 2.89. The van der Waals surface area contributed by atoms with Gasteiger partial charge in [-0.25, -0.2) is 0 Å². The predicted octanol–water partition coefficient (Wildman–Crippen LogP) is 6.18. The second-order valence-corrected chi connectivity index (χ2v) is 7.16. The summed E-state index contributed by atoms with van der Waals surface area (Å²) in [5, 5.41) is 0.910. The van der Waals surface area contributed by atoms with Gasteiger partial charge in [0.15, 0.2) is 0 Å². The molecule has 0 nitrogen and oxygen atoms in total. The van der Waals surface area contributed by atoms with Gasteiger partial charge in [-0.3, -0.25) is 0 Å². The molecule has 0 heterocycles. The molecule has 1 heteroatoms. The van der Waals surface area contributed by atoms with E-state index in [1.165, 1.54) is 11.1 Å². The molecule has 0 unspecified atom stereocenters. The van der Waals surface area contributed by atoms with E-state index in [2.05, 4.69) is 66.7 Å². The Labute approximate surface area is 118 Å². The van der Waals surface area contributed by atoms with Gasteiger partial charge in [-0.05, 0) is 33.9 Å². The Morgan fingerprint density at radius 1 is 1.11 bits per heavy atom. The smallest absolute Gasteiger partial charge is 0.0446 e. The van der Waals surface area contributed by atoms with Crippen molar-refractivity contribution in [2.75, 3.05) is 0 Å². The average Bonchev–Trinajstić information content (AvgIpc) is 2.28. The minimum absolute atomic E-state index is 0.0777. The van der Waals surface area contributed by atoms with Crippen molar-refractivity contribution in [3.8, 4) is 0 Å². The van der Waals surface area contributed by atoms with Crippen molar-refractivity contribution in [2.24, 2.45) is 5.41 Å². The molecule has 0 aliphatic heterocycles. The van der Waals surface area contributed by atoms with Gasteiger partial charge in [0.05, 0.1) is 0 Å². The van der Waals surface area contributed by atoms with Gasteiger partial charge in [0, 0.05) is 5.02 Å². The summed E-state index contributed by atoms with van der Waals surface area (Å²) in [6, 6.07) is 6.57. The van der Waals surface area contributed by atoms with Crippen LogP contribution in [0.5, 0.6) is 0 Å². The van der Waals surface area contributed by atoms with Gasteiger partial charge in [-0.1, -0.05) is 78.6 Å². The van der Waals surface area contributed by atoms with Crippen molar-refractivity contribution < 1.29 is 0 Å². The highest BCUT2D eigenvalue weighted by atomic mass is 35.5. The Morgan fingerprint density at radius 2 is 1.67 bits per heavy atom. The molecule has 0 saturated carbocycles. The molecule has 1 aromatic rings. The Hall–Kier alpha value is -0.490. The van der Waals surface area contributed by atoms with Gasteiger partial charge in [0.1, 0.15) is 0 Å². The minimum atomic E-state index is 0.0777. The fraction of sp³-hybridized carbons (Fsp3) is 0.647. The first-order valence-electron chi connectivity index (χ1n) is 6.93. The first kappa shape index (κ1) is 15.6. The maximum Gasteiger partial charge on any atom is 0.0446 e. The summed E-state index contributed by atoms with van der Waals surface area (Å²) < 4.78 is 0.